The first-order valence-electron chi connectivity index (χ1n) is 5.84. The fourth-order valence-electron chi connectivity index (χ4n) is 2.47. The number of H-pyrrole nitrogens is 1. The lowest BCUT2D eigenvalue weighted by molar-refractivity contribution is 0.192. The molecular weight excluding hydrogens is 208 g/mol. The van der Waals surface area contributed by atoms with E-state index >= 15 is 0 Å². The van der Waals surface area contributed by atoms with Crippen LogP contribution in [0.25, 0.3) is 0 Å². The van der Waals surface area contributed by atoms with Gasteiger partial charge in [-0.05, 0) is 25.7 Å². The van der Waals surface area contributed by atoms with E-state index in [0.717, 1.165) is 18.7 Å². The first-order chi connectivity index (χ1) is 7.75. The minimum absolute atomic E-state index is 0.00884. The molecule has 2 fully saturated rings. The maximum absolute atomic E-state index is 11.7. The number of nitrogens with zero attached hydrogens (tertiary/aromatic N) is 2. The molecule has 1 saturated carbocycles. The van der Waals surface area contributed by atoms with Crippen molar-refractivity contribution in [2.45, 2.75) is 43.9 Å². The van der Waals surface area contributed by atoms with Crippen molar-refractivity contribution >= 4 is 0 Å². The number of aromatic amines is 1. The number of aliphatic hydroxyl groups excluding tert-OH is 1. The summed E-state index contributed by atoms with van der Waals surface area (Å²) < 4.78 is 1.76. The maximum atomic E-state index is 11.7. The van der Waals surface area contributed by atoms with Gasteiger partial charge in [-0.25, -0.2) is 9.89 Å². The summed E-state index contributed by atoms with van der Waals surface area (Å²) in [6.45, 7) is 0.580. The van der Waals surface area contributed by atoms with E-state index in [2.05, 4.69) is 15.5 Å². The highest BCUT2D eigenvalue weighted by Crippen LogP contribution is 2.33. The summed E-state index contributed by atoms with van der Waals surface area (Å²) in [6.07, 6.45) is 3.61. The monoisotopic (exact) mass is 224 g/mol. The first-order valence-corrected chi connectivity index (χ1v) is 5.84. The quantitative estimate of drug-likeness (QED) is 0.643. The van der Waals surface area contributed by atoms with Crippen LogP contribution in [0.1, 0.15) is 43.6 Å². The molecule has 2 aliphatic rings. The number of aliphatic hydroxyl groups is 1. The summed E-state index contributed by atoms with van der Waals surface area (Å²) in [7, 11) is 0. The Hall–Kier alpha value is -1.14. The Morgan fingerprint density at radius 2 is 2.25 bits per heavy atom. The molecule has 0 amide bonds. The molecule has 1 aromatic rings. The summed E-state index contributed by atoms with van der Waals surface area (Å²) in [5.74, 6) is 0.756. The SMILES string of the molecule is O=c1[nH]nc([C@@H]2C[C@@H](O)CN2)n1C1CCC1. The lowest BCUT2D eigenvalue weighted by Gasteiger charge is -2.28. The summed E-state index contributed by atoms with van der Waals surface area (Å²) in [5.41, 5.74) is -0.122. The molecule has 1 aromatic heterocycles. The van der Waals surface area contributed by atoms with Crippen LogP contribution in [0, 0.1) is 0 Å². The van der Waals surface area contributed by atoms with Crippen LogP contribution in [0.4, 0.5) is 0 Å². The largest absolute Gasteiger partial charge is 0.392 e. The number of nitrogens with one attached hydrogen (secondary N) is 2. The molecule has 1 aliphatic heterocycles. The minimum atomic E-state index is -0.327. The Morgan fingerprint density at radius 3 is 2.81 bits per heavy atom. The Kier molecular flexibility index (Phi) is 2.33. The molecule has 1 saturated heterocycles. The third-order valence-corrected chi connectivity index (χ3v) is 3.59. The summed E-state index contributed by atoms with van der Waals surface area (Å²) in [6, 6.07) is 0.315. The van der Waals surface area contributed by atoms with Gasteiger partial charge in [0.2, 0.25) is 0 Å². The number of β-amino-alcohol motifs (C(OH)–C–C–N with tert-alkyl or cyclic N) is 1. The van der Waals surface area contributed by atoms with Crippen LogP contribution in [-0.2, 0) is 0 Å². The van der Waals surface area contributed by atoms with Crippen molar-refractivity contribution in [2.75, 3.05) is 6.54 Å². The van der Waals surface area contributed by atoms with Gasteiger partial charge in [0.05, 0.1) is 12.1 Å². The van der Waals surface area contributed by atoms with Crippen LogP contribution in [0.5, 0.6) is 0 Å². The standard InChI is InChI=1S/C10H16N4O2/c15-7-4-8(11-5-7)9-12-13-10(16)14(9)6-2-1-3-6/h6-8,11,15H,1-5H2,(H,13,16)/t7-,8+/m1/s1. The molecule has 0 aromatic carbocycles. The van der Waals surface area contributed by atoms with E-state index in [-0.39, 0.29) is 17.8 Å². The van der Waals surface area contributed by atoms with Crippen molar-refractivity contribution in [3.05, 3.63) is 16.3 Å². The highest BCUT2D eigenvalue weighted by molar-refractivity contribution is 5.02. The van der Waals surface area contributed by atoms with E-state index in [0.29, 0.717) is 19.0 Å². The smallest absolute Gasteiger partial charge is 0.343 e. The van der Waals surface area contributed by atoms with E-state index in [1.165, 1.54) is 6.42 Å². The summed E-state index contributed by atoms with van der Waals surface area (Å²) in [4.78, 5) is 11.7. The lowest BCUT2D eigenvalue weighted by atomic mass is 9.92. The average Bonchev–Trinajstić information content (AvgIpc) is 2.72. The van der Waals surface area contributed by atoms with Gasteiger partial charge in [-0.3, -0.25) is 4.57 Å². The third kappa shape index (κ3) is 1.49. The van der Waals surface area contributed by atoms with Crippen molar-refractivity contribution in [1.82, 2.24) is 20.1 Å². The van der Waals surface area contributed by atoms with E-state index in [1.807, 2.05) is 0 Å². The average molecular weight is 224 g/mol. The summed E-state index contributed by atoms with van der Waals surface area (Å²) >= 11 is 0. The van der Waals surface area contributed by atoms with Crippen LogP contribution < -0.4 is 11.0 Å². The molecule has 1 aliphatic carbocycles. The van der Waals surface area contributed by atoms with E-state index in [1.54, 1.807) is 4.57 Å². The van der Waals surface area contributed by atoms with Crippen molar-refractivity contribution in [3.63, 3.8) is 0 Å². The number of aromatic nitrogens is 3. The molecule has 3 rings (SSSR count). The number of rotatable bonds is 2. The van der Waals surface area contributed by atoms with Crippen LogP contribution in [0.2, 0.25) is 0 Å². The third-order valence-electron chi connectivity index (χ3n) is 3.59. The van der Waals surface area contributed by atoms with E-state index in [4.69, 9.17) is 0 Å². The van der Waals surface area contributed by atoms with Gasteiger partial charge in [0, 0.05) is 12.6 Å². The molecule has 16 heavy (non-hydrogen) atoms. The maximum Gasteiger partial charge on any atom is 0.343 e. The van der Waals surface area contributed by atoms with E-state index < -0.39 is 0 Å². The number of hydrogen-bond acceptors (Lipinski definition) is 4. The molecule has 0 spiro atoms. The molecule has 6 heteroatoms. The van der Waals surface area contributed by atoms with Gasteiger partial charge in [-0.2, -0.15) is 5.10 Å². The second-order valence-electron chi connectivity index (χ2n) is 4.69. The van der Waals surface area contributed by atoms with Gasteiger partial charge < -0.3 is 10.4 Å². The molecule has 2 atom stereocenters. The van der Waals surface area contributed by atoms with Crippen LogP contribution in [-0.4, -0.2) is 32.5 Å². The predicted octanol–water partition coefficient (Wildman–Crippen LogP) is -0.308. The van der Waals surface area contributed by atoms with Crippen LogP contribution >= 0.6 is 0 Å². The second-order valence-corrected chi connectivity index (χ2v) is 4.69. The zero-order chi connectivity index (χ0) is 11.1. The Bertz CT molecular complexity index is 434. The lowest BCUT2D eigenvalue weighted by Crippen LogP contribution is -2.30. The van der Waals surface area contributed by atoms with Crippen molar-refractivity contribution in [3.8, 4) is 0 Å². The first kappa shape index (κ1) is 10.0. The highest BCUT2D eigenvalue weighted by atomic mass is 16.3. The zero-order valence-corrected chi connectivity index (χ0v) is 9.02. The molecule has 3 N–H and O–H groups in total. The fraction of sp³-hybridized carbons (Fsp3) is 0.800. The molecule has 2 heterocycles. The van der Waals surface area contributed by atoms with Crippen molar-refractivity contribution < 1.29 is 5.11 Å². The Morgan fingerprint density at radius 1 is 1.44 bits per heavy atom. The normalized spacial score (nSPS) is 30.6. The fourth-order valence-corrected chi connectivity index (χ4v) is 2.47. The molecule has 0 unspecified atom stereocenters. The van der Waals surface area contributed by atoms with Crippen molar-refractivity contribution in [1.29, 1.82) is 0 Å². The minimum Gasteiger partial charge on any atom is -0.392 e. The van der Waals surface area contributed by atoms with Gasteiger partial charge in [0.1, 0.15) is 0 Å². The summed E-state index contributed by atoms with van der Waals surface area (Å²) in [5, 5.41) is 19.3. The molecule has 6 nitrogen and oxygen atoms in total. The van der Waals surface area contributed by atoms with Crippen LogP contribution in [0.3, 0.4) is 0 Å². The van der Waals surface area contributed by atoms with E-state index in [9.17, 15) is 9.90 Å². The van der Waals surface area contributed by atoms with Crippen LogP contribution in [0.15, 0.2) is 4.79 Å². The number of hydrogen-bond donors (Lipinski definition) is 3. The highest BCUT2D eigenvalue weighted by Gasteiger charge is 2.32. The molecule has 0 bridgehead atoms. The van der Waals surface area contributed by atoms with Gasteiger partial charge >= 0.3 is 5.69 Å². The van der Waals surface area contributed by atoms with Gasteiger partial charge in [-0.1, -0.05) is 0 Å². The topological polar surface area (TPSA) is 82.9 Å². The Balaban J connectivity index is 1.91. The second kappa shape index (κ2) is 3.71. The Labute approximate surface area is 92.7 Å². The molecular formula is C10H16N4O2. The van der Waals surface area contributed by atoms with Crippen molar-refractivity contribution in [2.24, 2.45) is 0 Å². The van der Waals surface area contributed by atoms with Gasteiger partial charge in [-0.15, -0.1) is 0 Å². The zero-order valence-electron chi connectivity index (χ0n) is 9.02. The predicted molar refractivity (Wildman–Crippen MR) is 57.1 cm³/mol. The molecule has 0 radical (unpaired) electrons. The van der Waals surface area contributed by atoms with Gasteiger partial charge in [0.15, 0.2) is 5.82 Å². The van der Waals surface area contributed by atoms with Gasteiger partial charge in [0.25, 0.3) is 0 Å². The molecule has 88 valence electrons.